The maximum absolute atomic E-state index is 13.8. The van der Waals surface area contributed by atoms with E-state index in [0.29, 0.717) is 5.56 Å². The van der Waals surface area contributed by atoms with Crippen molar-refractivity contribution in [3.8, 4) is 5.75 Å². The molecule has 5 rings (SSSR count). The fraction of sp³-hybridized carbons (Fsp3) is 0.560. The summed E-state index contributed by atoms with van der Waals surface area (Å²) in [5.74, 6) is -11.0. The second-order valence-electron chi connectivity index (χ2n) is 10.8. The van der Waals surface area contributed by atoms with Crippen LogP contribution >= 0.6 is 0 Å². The van der Waals surface area contributed by atoms with Gasteiger partial charge in [0.25, 0.3) is 0 Å². The van der Waals surface area contributed by atoms with Gasteiger partial charge in [0, 0.05) is 31.2 Å². The van der Waals surface area contributed by atoms with E-state index >= 15 is 0 Å². The number of rotatable bonds is 2. The van der Waals surface area contributed by atoms with Crippen LogP contribution in [0.1, 0.15) is 40.4 Å². The molecule has 192 valence electrons. The third-order valence-electron chi connectivity index (χ3n) is 8.70. The molecule has 0 spiro atoms. The number of hydrogen-bond donors (Lipinski definition) is 4. The summed E-state index contributed by atoms with van der Waals surface area (Å²) in [5, 5.41) is 22.3. The molecule has 0 saturated heterocycles. The number of carbonyl (C=O) groups is 5. The number of Topliss-reactive ketones (excluding diaryl/α,β-unsaturated/α-hetero) is 4. The first-order chi connectivity index (χ1) is 16.8. The van der Waals surface area contributed by atoms with E-state index < -0.39 is 64.4 Å². The fourth-order valence-electron chi connectivity index (χ4n) is 6.97. The van der Waals surface area contributed by atoms with Gasteiger partial charge in [0.1, 0.15) is 5.75 Å². The van der Waals surface area contributed by atoms with Crippen LogP contribution in [0.5, 0.6) is 5.75 Å². The Bertz CT molecular complexity index is 1240. The molecule has 2 fully saturated rings. The molecule has 11 heteroatoms. The summed E-state index contributed by atoms with van der Waals surface area (Å²) < 4.78 is 0. The molecule has 4 aliphatic rings. The predicted molar refractivity (Wildman–Crippen MR) is 126 cm³/mol. The second-order valence-corrected chi connectivity index (χ2v) is 10.8. The molecule has 1 heterocycles. The van der Waals surface area contributed by atoms with Crippen LogP contribution in [0.15, 0.2) is 6.07 Å². The maximum atomic E-state index is 13.8. The van der Waals surface area contributed by atoms with Crippen molar-refractivity contribution < 1.29 is 34.2 Å². The van der Waals surface area contributed by atoms with Gasteiger partial charge < -0.3 is 31.5 Å². The second kappa shape index (κ2) is 7.92. The minimum atomic E-state index is -2.78. The lowest BCUT2D eigenvalue weighted by Crippen LogP contribution is -2.73. The average Bonchev–Trinajstić information content (AvgIpc) is 2.79. The van der Waals surface area contributed by atoms with Crippen molar-refractivity contribution in [1.82, 2.24) is 4.90 Å². The highest BCUT2D eigenvalue weighted by molar-refractivity contribution is 6.32. The van der Waals surface area contributed by atoms with E-state index in [1.54, 1.807) is 6.07 Å². The number of phenolic OH excluding ortho intramolecular Hbond substituents is 1. The largest absolute Gasteiger partial charge is 0.507 e. The number of aromatic hydroxyl groups is 1. The summed E-state index contributed by atoms with van der Waals surface area (Å²) in [6.07, 6.45) is 0.996. The lowest BCUT2D eigenvalue weighted by molar-refractivity contribution is -0.177. The topological polar surface area (TPSA) is 184 Å². The molecule has 1 aromatic rings. The molecule has 0 bridgehead atoms. The number of primary amides is 1. The van der Waals surface area contributed by atoms with Crippen molar-refractivity contribution in [2.24, 2.45) is 35.1 Å². The van der Waals surface area contributed by atoms with Gasteiger partial charge in [-0.05, 0) is 56.5 Å². The van der Waals surface area contributed by atoms with Crippen LogP contribution in [-0.2, 0) is 25.6 Å². The Labute approximate surface area is 207 Å². The Balaban J connectivity index is 1.65. The van der Waals surface area contributed by atoms with Crippen LogP contribution in [0, 0.1) is 23.7 Å². The third kappa shape index (κ3) is 2.99. The van der Waals surface area contributed by atoms with Crippen molar-refractivity contribution in [3.63, 3.8) is 0 Å². The fourth-order valence-corrected chi connectivity index (χ4v) is 6.97. The zero-order valence-corrected chi connectivity index (χ0v) is 20.4. The summed E-state index contributed by atoms with van der Waals surface area (Å²) in [7, 11) is 5.79. The standard InChI is InChI=1S/C25H30N4O7/c1-28(2)13-4-5-29(3)19-10(13)8-14(30)16-11(19)6-9-7-12-18(26)21(32)17(24(27)35)23(34)25(12,36)22(33)15(9)20(16)31/h8-9,12-13,15,17-18,30,36H,4-7,26H2,1-3H3,(H2,27,35). The number of nitrogens with two attached hydrogens (primary N) is 2. The number of aliphatic hydroxyl groups is 1. The van der Waals surface area contributed by atoms with Gasteiger partial charge in [-0.2, -0.15) is 0 Å². The lowest BCUT2D eigenvalue weighted by Gasteiger charge is -2.51. The molecule has 3 aliphatic carbocycles. The van der Waals surface area contributed by atoms with E-state index in [4.69, 9.17) is 11.5 Å². The Morgan fingerprint density at radius 3 is 2.47 bits per heavy atom. The number of carbonyl (C=O) groups excluding carboxylic acids is 5. The van der Waals surface area contributed by atoms with E-state index in [9.17, 15) is 34.2 Å². The van der Waals surface area contributed by atoms with Crippen molar-refractivity contribution in [3.05, 3.63) is 22.8 Å². The van der Waals surface area contributed by atoms with Gasteiger partial charge in [-0.25, -0.2) is 0 Å². The number of nitrogens with zero attached hydrogens (tertiary/aromatic N) is 2. The van der Waals surface area contributed by atoms with Crippen LogP contribution < -0.4 is 16.4 Å². The monoisotopic (exact) mass is 498 g/mol. The Morgan fingerprint density at radius 1 is 1.19 bits per heavy atom. The van der Waals surface area contributed by atoms with Crippen LogP contribution in [-0.4, -0.2) is 83.5 Å². The molecule has 0 radical (unpaired) electrons. The third-order valence-corrected chi connectivity index (χ3v) is 8.70. The van der Waals surface area contributed by atoms with Crippen molar-refractivity contribution in [2.45, 2.75) is 36.9 Å². The van der Waals surface area contributed by atoms with E-state index in [-0.39, 0.29) is 30.2 Å². The van der Waals surface area contributed by atoms with Gasteiger partial charge in [-0.1, -0.05) is 0 Å². The molecule has 6 N–H and O–H groups in total. The SMILES string of the molecule is CN1CCC(N(C)C)c2cc(O)c3c(c21)CC1CC2C(N)C(=O)C(C(N)=O)C(=O)C2(O)C(=O)C1C3=O. The zero-order chi connectivity index (χ0) is 26.4. The molecular formula is C25H30N4O7. The molecule has 7 atom stereocenters. The highest BCUT2D eigenvalue weighted by Gasteiger charge is 2.68. The summed E-state index contributed by atoms with van der Waals surface area (Å²) in [6, 6.07) is 0.109. The minimum absolute atomic E-state index is 0.00624. The highest BCUT2D eigenvalue weighted by Crippen LogP contribution is 2.53. The quantitative estimate of drug-likeness (QED) is 0.358. The molecular weight excluding hydrogens is 468 g/mol. The van der Waals surface area contributed by atoms with Crippen LogP contribution in [0.25, 0.3) is 0 Å². The number of fused-ring (bicyclic) bond motifs is 5. The Kier molecular flexibility index (Phi) is 5.40. The summed E-state index contributed by atoms with van der Waals surface area (Å²) in [5.41, 5.74) is 10.8. The van der Waals surface area contributed by atoms with Gasteiger partial charge >= 0.3 is 0 Å². The number of phenols is 1. The van der Waals surface area contributed by atoms with E-state index in [2.05, 4.69) is 0 Å². The van der Waals surface area contributed by atoms with Crippen LogP contribution in [0.2, 0.25) is 0 Å². The molecule has 2 saturated carbocycles. The van der Waals surface area contributed by atoms with Crippen LogP contribution in [0.4, 0.5) is 5.69 Å². The summed E-state index contributed by atoms with van der Waals surface area (Å²) >= 11 is 0. The average molecular weight is 499 g/mol. The normalized spacial score (nSPS) is 35.8. The first kappa shape index (κ1) is 24.5. The van der Waals surface area contributed by atoms with Gasteiger partial charge in [0.2, 0.25) is 5.91 Å². The number of hydrogen-bond acceptors (Lipinski definition) is 10. The summed E-state index contributed by atoms with van der Waals surface area (Å²) in [4.78, 5) is 69.1. The molecule has 1 aliphatic heterocycles. The number of benzene rings is 1. The smallest absolute Gasteiger partial charge is 0.235 e. The molecule has 36 heavy (non-hydrogen) atoms. The zero-order valence-electron chi connectivity index (χ0n) is 20.4. The van der Waals surface area contributed by atoms with Gasteiger partial charge in [-0.3, -0.25) is 24.0 Å². The van der Waals surface area contributed by atoms with Crippen molar-refractivity contribution in [1.29, 1.82) is 0 Å². The van der Waals surface area contributed by atoms with Gasteiger partial charge in [0.05, 0.1) is 17.5 Å². The van der Waals surface area contributed by atoms with Crippen molar-refractivity contribution >= 4 is 34.7 Å². The Hall–Kier alpha value is -3.15. The van der Waals surface area contributed by atoms with Crippen molar-refractivity contribution in [2.75, 3.05) is 32.6 Å². The molecule has 11 nitrogen and oxygen atoms in total. The van der Waals surface area contributed by atoms with E-state index in [1.165, 1.54) is 0 Å². The first-order valence-corrected chi connectivity index (χ1v) is 12.0. The van der Waals surface area contributed by atoms with Crippen LogP contribution in [0.3, 0.4) is 0 Å². The first-order valence-electron chi connectivity index (χ1n) is 12.0. The van der Waals surface area contributed by atoms with Gasteiger partial charge in [0.15, 0.2) is 34.7 Å². The van der Waals surface area contributed by atoms with E-state index in [1.807, 2.05) is 30.9 Å². The molecule has 1 amide bonds. The van der Waals surface area contributed by atoms with E-state index in [0.717, 1.165) is 24.2 Å². The minimum Gasteiger partial charge on any atom is -0.507 e. The maximum Gasteiger partial charge on any atom is 0.235 e. The number of anilines is 1. The molecule has 1 aromatic carbocycles. The summed E-state index contributed by atoms with van der Waals surface area (Å²) in [6.45, 7) is 0.721. The highest BCUT2D eigenvalue weighted by atomic mass is 16.3. The van der Waals surface area contributed by atoms with Gasteiger partial charge in [-0.15, -0.1) is 0 Å². The number of ketones is 4. The number of amides is 1. The lowest BCUT2D eigenvalue weighted by atomic mass is 9.52. The molecule has 0 aromatic heterocycles. The Morgan fingerprint density at radius 2 is 1.86 bits per heavy atom. The predicted octanol–water partition coefficient (Wildman–Crippen LogP) is -1.29. The molecule has 7 unspecified atom stereocenters.